The molecule has 0 spiro atoms. The topological polar surface area (TPSA) is 78.4 Å². The molecule has 0 aliphatic heterocycles. The number of urea groups is 1. The zero-order chi connectivity index (χ0) is 13.9. The summed E-state index contributed by atoms with van der Waals surface area (Å²) in [5.41, 5.74) is -0.261. The molecule has 18 heavy (non-hydrogen) atoms. The fourth-order valence-electron chi connectivity index (χ4n) is 2.06. The number of hydrogen-bond donors (Lipinski definition) is 3. The highest BCUT2D eigenvalue weighted by Crippen LogP contribution is 2.39. The second kappa shape index (κ2) is 5.59. The minimum atomic E-state index is -0.983. The SMILES string of the molecule is CCC(C)C(NC(=O)NC(C)(C)C1CC1)C(=O)O. The predicted octanol–water partition coefficient (Wildman–Crippen LogP) is 1.97. The van der Waals surface area contributed by atoms with Crippen LogP contribution in [0.2, 0.25) is 0 Å². The summed E-state index contributed by atoms with van der Waals surface area (Å²) in [4.78, 5) is 22.9. The summed E-state index contributed by atoms with van der Waals surface area (Å²) in [6.45, 7) is 7.69. The molecule has 0 saturated heterocycles. The summed E-state index contributed by atoms with van der Waals surface area (Å²) in [5, 5.41) is 14.5. The lowest BCUT2D eigenvalue weighted by Crippen LogP contribution is -2.55. The third-order valence-electron chi connectivity index (χ3n) is 3.80. The van der Waals surface area contributed by atoms with Crippen molar-refractivity contribution in [3.63, 3.8) is 0 Å². The van der Waals surface area contributed by atoms with E-state index in [9.17, 15) is 9.59 Å². The predicted molar refractivity (Wildman–Crippen MR) is 69.3 cm³/mol. The van der Waals surface area contributed by atoms with Gasteiger partial charge in [0.05, 0.1) is 0 Å². The Kier molecular flexibility index (Phi) is 4.59. The summed E-state index contributed by atoms with van der Waals surface area (Å²) in [7, 11) is 0. The molecule has 1 fully saturated rings. The van der Waals surface area contributed by atoms with Gasteiger partial charge in [-0.25, -0.2) is 9.59 Å². The van der Waals surface area contributed by atoms with Gasteiger partial charge < -0.3 is 15.7 Å². The van der Waals surface area contributed by atoms with Crippen molar-refractivity contribution in [2.75, 3.05) is 0 Å². The monoisotopic (exact) mass is 256 g/mol. The Morgan fingerprint density at radius 3 is 2.33 bits per heavy atom. The number of carbonyl (C=O) groups excluding carboxylic acids is 1. The fraction of sp³-hybridized carbons (Fsp3) is 0.846. The summed E-state index contributed by atoms with van der Waals surface area (Å²) in [6.07, 6.45) is 2.96. The first-order valence-corrected chi connectivity index (χ1v) is 6.59. The van der Waals surface area contributed by atoms with E-state index in [0.29, 0.717) is 12.3 Å². The first kappa shape index (κ1) is 14.8. The van der Waals surface area contributed by atoms with Crippen LogP contribution in [0.25, 0.3) is 0 Å². The Morgan fingerprint density at radius 1 is 1.39 bits per heavy atom. The number of amides is 2. The smallest absolute Gasteiger partial charge is 0.326 e. The number of carboxylic acid groups (broad SMARTS) is 1. The highest BCUT2D eigenvalue weighted by atomic mass is 16.4. The van der Waals surface area contributed by atoms with Crippen molar-refractivity contribution in [2.24, 2.45) is 11.8 Å². The molecule has 5 heteroatoms. The van der Waals surface area contributed by atoms with Crippen LogP contribution in [0.15, 0.2) is 0 Å². The molecule has 1 aliphatic carbocycles. The zero-order valence-corrected chi connectivity index (χ0v) is 11.6. The molecule has 1 rings (SSSR count). The molecule has 2 unspecified atom stereocenters. The van der Waals surface area contributed by atoms with Crippen LogP contribution in [-0.2, 0) is 4.79 Å². The van der Waals surface area contributed by atoms with Gasteiger partial charge in [-0.3, -0.25) is 0 Å². The van der Waals surface area contributed by atoms with Crippen LogP contribution in [0, 0.1) is 11.8 Å². The molecule has 1 aliphatic rings. The van der Waals surface area contributed by atoms with Gasteiger partial charge in [0.1, 0.15) is 6.04 Å². The van der Waals surface area contributed by atoms with Gasteiger partial charge in [-0.15, -0.1) is 0 Å². The van der Waals surface area contributed by atoms with Gasteiger partial charge >= 0.3 is 12.0 Å². The number of carbonyl (C=O) groups is 2. The van der Waals surface area contributed by atoms with Crippen molar-refractivity contribution in [3.8, 4) is 0 Å². The molecule has 0 aromatic rings. The number of hydrogen-bond acceptors (Lipinski definition) is 2. The molecule has 0 radical (unpaired) electrons. The van der Waals surface area contributed by atoms with Gasteiger partial charge in [0.2, 0.25) is 0 Å². The quantitative estimate of drug-likeness (QED) is 0.680. The van der Waals surface area contributed by atoms with E-state index in [1.807, 2.05) is 27.7 Å². The summed E-state index contributed by atoms with van der Waals surface area (Å²) in [5.74, 6) is -0.559. The fourth-order valence-corrected chi connectivity index (χ4v) is 2.06. The van der Waals surface area contributed by atoms with Crippen LogP contribution in [-0.4, -0.2) is 28.7 Å². The van der Waals surface area contributed by atoms with Crippen LogP contribution in [0.5, 0.6) is 0 Å². The van der Waals surface area contributed by atoms with Gasteiger partial charge in [0.25, 0.3) is 0 Å². The molecular weight excluding hydrogens is 232 g/mol. The van der Waals surface area contributed by atoms with Gasteiger partial charge in [0.15, 0.2) is 0 Å². The molecule has 0 aromatic carbocycles. The molecule has 104 valence electrons. The second-order valence-electron chi connectivity index (χ2n) is 5.80. The lowest BCUT2D eigenvalue weighted by atomic mass is 9.98. The van der Waals surface area contributed by atoms with Gasteiger partial charge in [-0.2, -0.15) is 0 Å². The highest BCUT2D eigenvalue weighted by molar-refractivity contribution is 5.83. The molecule has 5 nitrogen and oxygen atoms in total. The summed E-state index contributed by atoms with van der Waals surface area (Å²) < 4.78 is 0. The van der Waals surface area contributed by atoms with E-state index in [4.69, 9.17) is 5.11 Å². The third-order valence-corrected chi connectivity index (χ3v) is 3.80. The van der Waals surface area contributed by atoms with Crippen LogP contribution in [0.1, 0.15) is 47.0 Å². The van der Waals surface area contributed by atoms with E-state index in [0.717, 1.165) is 12.8 Å². The van der Waals surface area contributed by atoms with Crippen LogP contribution in [0.4, 0.5) is 4.79 Å². The van der Waals surface area contributed by atoms with Crippen molar-refractivity contribution in [3.05, 3.63) is 0 Å². The molecule has 2 amide bonds. The van der Waals surface area contributed by atoms with Crippen molar-refractivity contribution in [1.29, 1.82) is 0 Å². The van der Waals surface area contributed by atoms with E-state index < -0.39 is 12.0 Å². The van der Waals surface area contributed by atoms with Gasteiger partial charge in [-0.1, -0.05) is 20.3 Å². The van der Waals surface area contributed by atoms with E-state index in [-0.39, 0.29) is 17.5 Å². The van der Waals surface area contributed by atoms with E-state index in [1.54, 1.807) is 0 Å². The number of rotatable bonds is 6. The summed E-state index contributed by atoms with van der Waals surface area (Å²) in [6, 6.07) is -1.22. The Labute approximate surface area is 108 Å². The second-order valence-corrected chi connectivity index (χ2v) is 5.80. The Balaban J connectivity index is 2.53. The molecule has 0 aromatic heterocycles. The Bertz CT molecular complexity index is 324. The first-order chi connectivity index (χ1) is 8.27. The van der Waals surface area contributed by atoms with Crippen LogP contribution >= 0.6 is 0 Å². The average Bonchev–Trinajstić information content (AvgIpc) is 3.07. The Morgan fingerprint density at radius 2 is 1.94 bits per heavy atom. The Hall–Kier alpha value is -1.26. The van der Waals surface area contributed by atoms with Gasteiger partial charge in [0, 0.05) is 5.54 Å². The van der Waals surface area contributed by atoms with Crippen molar-refractivity contribution in [1.82, 2.24) is 10.6 Å². The van der Waals surface area contributed by atoms with Crippen LogP contribution < -0.4 is 10.6 Å². The molecular formula is C13H24N2O3. The maximum Gasteiger partial charge on any atom is 0.326 e. The van der Waals surface area contributed by atoms with Gasteiger partial charge in [-0.05, 0) is 38.5 Å². The highest BCUT2D eigenvalue weighted by Gasteiger charge is 2.39. The largest absolute Gasteiger partial charge is 0.480 e. The minimum Gasteiger partial charge on any atom is -0.480 e. The standard InChI is InChI=1S/C13H24N2O3/c1-5-8(2)10(11(16)17)14-12(18)15-13(3,4)9-6-7-9/h8-10H,5-7H2,1-4H3,(H,16,17)(H2,14,15,18). The van der Waals surface area contributed by atoms with E-state index in [2.05, 4.69) is 10.6 Å². The normalized spacial score (nSPS) is 18.9. The first-order valence-electron chi connectivity index (χ1n) is 6.59. The molecule has 0 bridgehead atoms. The van der Waals surface area contributed by atoms with E-state index in [1.165, 1.54) is 0 Å². The van der Waals surface area contributed by atoms with Crippen molar-refractivity contribution in [2.45, 2.75) is 58.5 Å². The van der Waals surface area contributed by atoms with Crippen molar-refractivity contribution < 1.29 is 14.7 Å². The maximum absolute atomic E-state index is 11.8. The molecule has 1 saturated carbocycles. The summed E-state index contributed by atoms with van der Waals surface area (Å²) >= 11 is 0. The van der Waals surface area contributed by atoms with E-state index >= 15 is 0 Å². The average molecular weight is 256 g/mol. The molecule has 0 heterocycles. The molecule has 2 atom stereocenters. The lowest BCUT2D eigenvalue weighted by molar-refractivity contribution is -0.140. The zero-order valence-electron chi connectivity index (χ0n) is 11.6. The number of carboxylic acids is 1. The maximum atomic E-state index is 11.8. The third kappa shape index (κ3) is 3.89. The lowest BCUT2D eigenvalue weighted by Gasteiger charge is -2.28. The van der Waals surface area contributed by atoms with Crippen molar-refractivity contribution >= 4 is 12.0 Å². The molecule has 3 N–H and O–H groups in total. The number of aliphatic carboxylic acids is 1. The van der Waals surface area contributed by atoms with Crippen LogP contribution in [0.3, 0.4) is 0 Å². The number of nitrogens with one attached hydrogen (secondary N) is 2. The minimum absolute atomic E-state index is 0.0858.